The summed E-state index contributed by atoms with van der Waals surface area (Å²) < 4.78 is 32.8. The fourth-order valence-corrected chi connectivity index (χ4v) is 3.10. The Morgan fingerprint density at radius 3 is 2.18 bits per heavy atom. The van der Waals surface area contributed by atoms with Gasteiger partial charge in [-0.25, -0.2) is 8.42 Å². The maximum absolute atomic E-state index is 12.3. The van der Waals surface area contributed by atoms with Crippen molar-refractivity contribution in [3.8, 4) is 0 Å². The molecule has 0 aliphatic carbocycles. The zero-order valence-electron chi connectivity index (χ0n) is 12.0. The second-order valence-electron chi connectivity index (χ2n) is 4.56. The van der Waals surface area contributed by atoms with Gasteiger partial charge in [0, 0.05) is 29.5 Å². The minimum absolute atomic E-state index is 0.220. The lowest BCUT2D eigenvalue weighted by Gasteiger charge is -2.10. The molecular formula is C15H17BrN2O3S. The number of halogens is 1. The summed E-state index contributed by atoms with van der Waals surface area (Å²) in [4.78, 5) is 0.220. The third kappa shape index (κ3) is 4.72. The second-order valence-corrected chi connectivity index (χ2v) is 7.15. The van der Waals surface area contributed by atoms with Crippen LogP contribution in [0.5, 0.6) is 0 Å². The zero-order valence-corrected chi connectivity index (χ0v) is 14.4. The molecule has 2 aromatic rings. The fourth-order valence-electron chi connectivity index (χ4n) is 1.78. The van der Waals surface area contributed by atoms with Gasteiger partial charge in [0.25, 0.3) is 10.0 Å². The van der Waals surface area contributed by atoms with Crippen molar-refractivity contribution < 1.29 is 13.2 Å². The van der Waals surface area contributed by atoms with Crippen LogP contribution >= 0.6 is 15.9 Å². The molecule has 0 amide bonds. The van der Waals surface area contributed by atoms with Crippen molar-refractivity contribution in [3.05, 3.63) is 53.0 Å². The van der Waals surface area contributed by atoms with E-state index >= 15 is 0 Å². The van der Waals surface area contributed by atoms with Crippen LogP contribution in [0.3, 0.4) is 0 Å². The molecule has 0 aliphatic rings. The number of hydrogen-bond acceptors (Lipinski definition) is 4. The molecule has 0 aliphatic heterocycles. The monoisotopic (exact) mass is 384 g/mol. The molecule has 0 aromatic heterocycles. The number of methoxy groups -OCH3 is 1. The summed E-state index contributed by atoms with van der Waals surface area (Å²) in [7, 11) is -1.93. The summed E-state index contributed by atoms with van der Waals surface area (Å²) in [6.07, 6.45) is 0. The Hall–Kier alpha value is -1.57. The summed E-state index contributed by atoms with van der Waals surface area (Å²) in [6.45, 7) is 1.30. The number of sulfonamides is 1. The first-order valence-corrected chi connectivity index (χ1v) is 8.90. The van der Waals surface area contributed by atoms with Gasteiger partial charge in [-0.2, -0.15) is 0 Å². The highest BCUT2D eigenvalue weighted by molar-refractivity contribution is 9.10. The van der Waals surface area contributed by atoms with E-state index in [4.69, 9.17) is 4.74 Å². The van der Waals surface area contributed by atoms with E-state index in [1.54, 1.807) is 43.5 Å². The van der Waals surface area contributed by atoms with E-state index in [2.05, 4.69) is 26.0 Å². The summed E-state index contributed by atoms with van der Waals surface area (Å²) in [5, 5.41) is 3.17. The molecule has 2 N–H and O–H groups in total. The largest absolute Gasteiger partial charge is 0.383 e. The van der Waals surface area contributed by atoms with Crippen molar-refractivity contribution in [2.45, 2.75) is 4.90 Å². The fraction of sp³-hybridized carbons (Fsp3) is 0.200. The second kappa shape index (κ2) is 7.62. The van der Waals surface area contributed by atoms with E-state index in [0.717, 1.165) is 10.2 Å². The first-order chi connectivity index (χ1) is 10.5. The van der Waals surface area contributed by atoms with Crippen LogP contribution < -0.4 is 10.0 Å². The van der Waals surface area contributed by atoms with E-state index in [1.165, 1.54) is 0 Å². The maximum atomic E-state index is 12.3. The summed E-state index contributed by atoms with van der Waals surface area (Å²) in [5.41, 5.74) is 1.42. The van der Waals surface area contributed by atoms with Crippen LogP contribution in [0.4, 0.5) is 11.4 Å². The Morgan fingerprint density at radius 2 is 1.59 bits per heavy atom. The van der Waals surface area contributed by atoms with Crippen LogP contribution in [0.25, 0.3) is 0 Å². The van der Waals surface area contributed by atoms with Gasteiger partial charge < -0.3 is 10.1 Å². The average molecular weight is 385 g/mol. The smallest absolute Gasteiger partial charge is 0.261 e. The molecule has 118 valence electrons. The quantitative estimate of drug-likeness (QED) is 0.718. The predicted octanol–water partition coefficient (Wildman–Crippen LogP) is 3.31. The van der Waals surface area contributed by atoms with Gasteiger partial charge in [-0.1, -0.05) is 15.9 Å². The number of anilines is 2. The molecule has 0 saturated heterocycles. The van der Waals surface area contributed by atoms with Gasteiger partial charge in [-0.3, -0.25) is 4.72 Å². The summed E-state index contributed by atoms with van der Waals surface area (Å²) in [6, 6.07) is 13.5. The summed E-state index contributed by atoms with van der Waals surface area (Å²) >= 11 is 3.28. The minimum Gasteiger partial charge on any atom is -0.383 e. The number of hydrogen-bond donors (Lipinski definition) is 2. The molecule has 0 radical (unpaired) electrons. The van der Waals surface area contributed by atoms with E-state index < -0.39 is 10.0 Å². The topological polar surface area (TPSA) is 67.4 Å². The van der Waals surface area contributed by atoms with Gasteiger partial charge >= 0.3 is 0 Å². The number of ether oxygens (including phenoxy) is 1. The molecule has 5 nitrogen and oxygen atoms in total. The molecule has 22 heavy (non-hydrogen) atoms. The molecule has 0 spiro atoms. The Morgan fingerprint density at radius 1 is 1.00 bits per heavy atom. The minimum atomic E-state index is -3.58. The van der Waals surface area contributed by atoms with E-state index in [1.807, 2.05) is 12.1 Å². The van der Waals surface area contributed by atoms with Gasteiger partial charge in [0.2, 0.25) is 0 Å². The molecule has 0 heterocycles. The van der Waals surface area contributed by atoms with Crippen molar-refractivity contribution in [2.24, 2.45) is 0 Å². The standard InChI is InChI=1S/C15H17BrN2O3S/c1-21-11-10-17-13-4-6-14(7-5-13)18-22(19,20)15-8-2-12(16)3-9-15/h2-9,17-18H,10-11H2,1H3. The average Bonchev–Trinajstić information content (AvgIpc) is 2.49. The molecule has 0 atom stereocenters. The van der Waals surface area contributed by atoms with Gasteiger partial charge in [-0.15, -0.1) is 0 Å². The van der Waals surface area contributed by atoms with Crippen molar-refractivity contribution in [2.75, 3.05) is 30.3 Å². The molecule has 2 rings (SSSR count). The number of nitrogens with one attached hydrogen (secondary N) is 2. The Kier molecular flexibility index (Phi) is 5.82. The lowest BCUT2D eigenvalue weighted by molar-refractivity contribution is 0.211. The van der Waals surface area contributed by atoms with E-state index in [0.29, 0.717) is 18.8 Å². The van der Waals surface area contributed by atoms with Crippen LogP contribution in [-0.4, -0.2) is 28.7 Å². The van der Waals surface area contributed by atoms with Crippen LogP contribution in [0, 0.1) is 0 Å². The molecule has 7 heteroatoms. The zero-order chi connectivity index (χ0) is 16.0. The van der Waals surface area contributed by atoms with Crippen LogP contribution in [0.1, 0.15) is 0 Å². The first kappa shape index (κ1) is 16.8. The maximum Gasteiger partial charge on any atom is 0.261 e. The highest BCUT2D eigenvalue weighted by atomic mass is 79.9. The number of benzene rings is 2. The molecule has 0 saturated carbocycles. The third-order valence-electron chi connectivity index (χ3n) is 2.90. The highest BCUT2D eigenvalue weighted by Crippen LogP contribution is 2.20. The molecule has 0 fully saturated rings. The predicted molar refractivity (Wildman–Crippen MR) is 91.8 cm³/mol. The van der Waals surface area contributed by atoms with Crippen LogP contribution in [-0.2, 0) is 14.8 Å². The van der Waals surface area contributed by atoms with E-state index in [9.17, 15) is 8.42 Å². The van der Waals surface area contributed by atoms with Gasteiger partial charge in [0.05, 0.1) is 11.5 Å². The van der Waals surface area contributed by atoms with Gasteiger partial charge in [0.15, 0.2) is 0 Å². The van der Waals surface area contributed by atoms with Crippen molar-refractivity contribution >= 4 is 37.3 Å². The Labute approximate surface area is 138 Å². The third-order valence-corrected chi connectivity index (χ3v) is 4.82. The van der Waals surface area contributed by atoms with E-state index in [-0.39, 0.29) is 4.90 Å². The number of rotatable bonds is 7. The Balaban J connectivity index is 2.05. The Bertz CT molecular complexity index is 701. The first-order valence-electron chi connectivity index (χ1n) is 6.62. The molecule has 2 aromatic carbocycles. The SMILES string of the molecule is COCCNc1ccc(NS(=O)(=O)c2ccc(Br)cc2)cc1. The lowest BCUT2D eigenvalue weighted by atomic mass is 10.3. The van der Waals surface area contributed by atoms with Gasteiger partial charge in [0.1, 0.15) is 0 Å². The molecule has 0 unspecified atom stereocenters. The lowest BCUT2D eigenvalue weighted by Crippen LogP contribution is -2.13. The van der Waals surface area contributed by atoms with Gasteiger partial charge in [-0.05, 0) is 48.5 Å². The molecule has 0 bridgehead atoms. The highest BCUT2D eigenvalue weighted by Gasteiger charge is 2.13. The van der Waals surface area contributed by atoms with Crippen molar-refractivity contribution in [1.82, 2.24) is 0 Å². The van der Waals surface area contributed by atoms with Crippen molar-refractivity contribution in [1.29, 1.82) is 0 Å². The summed E-state index contributed by atoms with van der Waals surface area (Å²) in [5.74, 6) is 0. The van der Waals surface area contributed by atoms with Crippen LogP contribution in [0.2, 0.25) is 0 Å². The molecular weight excluding hydrogens is 368 g/mol. The van der Waals surface area contributed by atoms with Crippen LogP contribution in [0.15, 0.2) is 57.9 Å². The normalized spacial score (nSPS) is 11.2. The van der Waals surface area contributed by atoms with Crippen molar-refractivity contribution in [3.63, 3.8) is 0 Å².